The molecule has 0 aromatic heterocycles. The summed E-state index contributed by atoms with van der Waals surface area (Å²) in [6, 6.07) is 17.7. The molecule has 0 aliphatic carbocycles. The van der Waals surface area contributed by atoms with Crippen molar-refractivity contribution in [2.75, 3.05) is 13.7 Å². The van der Waals surface area contributed by atoms with Crippen molar-refractivity contribution in [3.05, 3.63) is 71.8 Å². The molecule has 0 bridgehead atoms. The van der Waals surface area contributed by atoms with Gasteiger partial charge in [-0.2, -0.15) is 21.6 Å². The molecule has 34 heavy (non-hydrogen) atoms. The minimum atomic E-state index is -5.99. The van der Waals surface area contributed by atoms with Gasteiger partial charge in [0.05, 0.1) is 13.2 Å². The number of alkyl halides is 3. The van der Waals surface area contributed by atoms with E-state index in [1.165, 1.54) is 0 Å². The lowest BCUT2D eigenvalue weighted by molar-refractivity contribution is -0.360. The Balaban J connectivity index is 1.64. The van der Waals surface area contributed by atoms with Crippen LogP contribution in [0.15, 0.2) is 60.7 Å². The van der Waals surface area contributed by atoms with Crippen molar-refractivity contribution in [1.82, 2.24) is 0 Å². The molecule has 2 heterocycles. The van der Waals surface area contributed by atoms with E-state index in [0.29, 0.717) is 11.1 Å². The second-order valence-corrected chi connectivity index (χ2v) is 9.24. The summed E-state index contributed by atoms with van der Waals surface area (Å²) in [6.07, 6.45) is -7.26. The lowest BCUT2D eigenvalue weighted by Gasteiger charge is -2.48. The van der Waals surface area contributed by atoms with E-state index in [4.69, 9.17) is 23.7 Å². The van der Waals surface area contributed by atoms with Gasteiger partial charge in [0.1, 0.15) is 18.3 Å². The fourth-order valence-corrected chi connectivity index (χ4v) is 4.38. The molecule has 2 saturated heterocycles. The Morgan fingerprint density at radius 1 is 0.971 bits per heavy atom. The molecule has 1 unspecified atom stereocenters. The first-order chi connectivity index (χ1) is 16.2. The summed E-state index contributed by atoms with van der Waals surface area (Å²) in [6.45, 7) is -0.0364. The van der Waals surface area contributed by atoms with Gasteiger partial charge in [0.2, 0.25) is 0 Å². The number of halogens is 3. The van der Waals surface area contributed by atoms with Gasteiger partial charge in [-0.25, -0.2) is 0 Å². The molecule has 2 aliphatic rings. The number of methoxy groups -OCH3 is 1. The fraction of sp³-hybridized carbons (Fsp3) is 0.455. The number of fused-ring (bicyclic) bond motifs is 1. The molecule has 0 spiro atoms. The van der Waals surface area contributed by atoms with Crippen LogP contribution in [0.5, 0.6) is 0 Å². The first-order valence-corrected chi connectivity index (χ1v) is 11.8. The molecule has 2 aliphatic heterocycles. The van der Waals surface area contributed by atoms with Crippen LogP contribution in [0.1, 0.15) is 17.4 Å². The highest BCUT2D eigenvalue weighted by molar-refractivity contribution is 7.87. The third-order valence-corrected chi connectivity index (χ3v) is 6.44. The second-order valence-electron chi connectivity index (χ2n) is 7.68. The van der Waals surface area contributed by atoms with Crippen molar-refractivity contribution in [3.63, 3.8) is 0 Å². The van der Waals surface area contributed by atoms with Gasteiger partial charge in [-0.3, -0.25) is 4.18 Å². The van der Waals surface area contributed by atoms with Crippen LogP contribution < -0.4 is 0 Å². The standard InChI is InChI=1S/C22H23F3O8S/c1-28-21-19(33-34(26,27)22(23,24)25)18(29-12-14-8-4-2-5-9-14)17-16(31-21)13-30-20(32-17)15-10-6-3-7-11-15/h2-11,16-21H,12-13H2,1H3/t16-,17-,18+,19-,20-,21?/m1/s1. The Bertz CT molecular complexity index is 1040. The number of hydrogen-bond donors (Lipinski definition) is 0. The predicted molar refractivity (Wildman–Crippen MR) is 111 cm³/mol. The SMILES string of the molecule is COC1O[C@@H]2CO[C@@H](c3ccccc3)O[C@H]2[C@H](OCc2ccccc2)[C@H]1OS(=O)(=O)C(F)(F)F. The van der Waals surface area contributed by atoms with Crippen LogP contribution >= 0.6 is 0 Å². The van der Waals surface area contributed by atoms with Gasteiger partial charge in [0, 0.05) is 12.7 Å². The topological polar surface area (TPSA) is 89.5 Å². The third kappa shape index (κ3) is 5.43. The van der Waals surface area contributed by atoms with E-state index >= 15 is 0 Å². The zero-order valence-corrected chi connectivity index (χ0v) is 18.8. The third-order valence-electron chi connectivity index (χ3n) is 5.39. The lowest BCUT2D eigenvalue weighted by atomic mass is 9.97. The van der Waals surface area contributed by atoms with Gasteiger partial charge in [-0.05, 0) is 5.56 Å². The highest BCUT2D eigenvalue weighted by Crippen LogP contribution is 2.38. The van der Waals surface area contributed by atoms with E-state index in [9.17, 15) is 21.6 Å². The normalized spacial score (nSPS) is 30.0. The Morgan fingerprint density at radius 2 is 1.62 bits per heavy atom. The van der Waals surface area contributed by atoms with Gasteiger partial charge < -0.3 is 23.7 Å². The molecule has 186 valence electrons. The summed E-state index contributed by atoms with van der Waals surface area (Å²) in [4.78, 5) is 0. The minimum absolute atomic E-state index is 0.00796. The smallest absolute Gasteiger partial charge is 0.368 e. The highest BCUT2D eigenvalue weighted by atomic mass is 32.2. The van der Waals surface area contributed by atoms with Crippen LogP contribution in [-0.2, 0) is 44.6 Å². The Kier molecular flexibility index (Phi) is 7.57. The molecule has 6 atom stereocenters. The van der Waals surface area contributed by atoms with Gasteiger partial charge in [0.15, 0.2) is 18.7 Å². The minimum Gasteiger partial charge on any atom is -0.368 e. The first-order valence-electron chi connectivity index (χ1n) is 10.3. The molecule has 12 heteroatoms. The zero-order chi connectivity index (χ0) is 24.3. The Morgan fingerprint density at radius 3 is 2.24 bits per heavy atom. The largest absolute Gasteiger partial charge is 0.523 e. The van der Waals surface area contributed by atoms with E-state index in [-0.39, 0.29) is 13.2 Å². The average molecular weight is 504 g/mol. The van der Waals surface area contributed by atoms with E-state index in [2.05, 4.69) is 4.18 Å². The molecule has 4 rings (SSSR count). The molecular formula is C22H23F3O8S. The van der Waals surface area contributed by atoms with Crippen molar-refractivity contribution < 1.29 is 49.5 Å². The van der Waals surface area contributed by atoms with Crippen molar-refractivity contribution in [2.24, 2.45) is 0 Å². The zero-order valence-electron chi connectivity index (χ0n) is 18.0. The molecule has 8 nitrogen and oxygen atoms in total. The van der Waals surface area contributed by atoms with Crippen LogP contribution in [0.25, 0.3) is 0 Å². The predicted octanol–water partition coefficient (Wildman–Crippen LogP) is 3.29. The van der Waals surface area contributed by atoms with Crippen molar-refractivity contribution in [1.29, 1.82) is 0 Å². The summed E-state index contributed by atoms with van der Waals surface area (Å²) in [5, 5.41) is 0. The first kappa shape index (κ1) is 25.0. The van der Waals surface area contributed by atoms with Crippen LogP contribution in [0, 0.1) is 0 Å². The Hall–Kier alpha value is -2.06. The van der Waals surface area contributed by atoms with Gasteiger partial charge in [-0.1, -0.05) is 60.7 Å². The summed E-state index contributed by atoms with van der Waals surface area (Å²) < 4.78 is 96.2. The molecule has 2 fully saturated rings. The highest BCUT2D eigenvalue weighted by Gasteiger charge is 2.57. The quantitative estimate of drug-likeness (QED) is 0.419. The molecule has 2 aromatic carbocycles. The van der Waals surface area contributed by atoms with E-state index < -0.39 is 52.6 Å². The second kappa shape index (κ2) is 10.3. The number of rotatable bonds is 7. The van der Waals surface area contributed by atoms with Gasteiger partial charge in [-0.15, -0.1) is 0 Å². The summed E-state index contributed by atoms with van der Waals surface area (Å²) in [7, 11) is -4.83. The number of hydrogen-bond acceptors (Lipinski definition) is 8. The van der Waals surface area contributed by atoms with Crippen LogP contribution in [0.4, 0.5) is 13.2 Å². The van der Waals surface area contributed by atoms with Crippen LogP contribution in [0.2, 0.25) is 0 Å². The average Bonchev–Trinajstić information content (AvgIpc) is 2.83. The summed E-state index contributed by atoms with van der Waals surface area (Å²) in [5.74, 6) is 0. The molecular weight excluding hydrogens is 481 g/mol. The molecule has 0 saturated carbocycles. The fourth-order valence-electron chi connectivity index (χ4n) is 3.78. The Labute approximate surface area is 194 Å². The van der Waals surface area contributed by atoms with Crippen molar-refractivity contribution in [3.8, 4) is 0 Å². The van der Waals surface area contributed by atoms with Crippen LogP contribution in [0.3, 0.4) is 0 Å². The number of ether oxygens (including phenoxy) is 5. The monoisotopic (exact) mass is 504 g/mol. The maximum absolute atomic E-state index is 13.1. The maximum atomic E-state index is 13.1. The van der Waals surface area contributed by atoms with Gasteiger partial charge in [0.25, 0.3) is 0 Å². The van der Waals surface area contributed by atoms with Crippen molar-refractivity contribution >= 4 is 10.1 Å². The van der Waals surface area contributed by atoms with E-state index in [0.717, 1.165) is 7.11 Å². The molecule has 0 N–H and O–H groups in total. The molecule has 0 amide bonds. The van der Waals surface area contributed by atoms with E-state index in [1.807, 2.05) is 0 Å². The van der Waals surface area contributed by atoms with E-state index in [1.54, 1.807) is 60.7 Å². The lowest BCUT2D eigenvalue weighted by Crippen LogP contribution is -2.64. The molecule has 2 aromatic rings. The van der Waals surface area contributed by atoms with Crippen molar-refractivity contribution in [2.45, 2.75) is 49.1 Å². The van der Waals surface area contributed by atoms with Crippen LogP contribution in [-0.4, -0.2) is 58.3 Å². The maximum Gasteiger partial charge on any atom is 0.523 e. The summed E-state index contributed by atoms with van der Waals surface area (Å²) >= 11 is 0. The van der Waals surface area contributed by atoms with Gasteiger partial charge >= 0.3 is 15.6 Å². The number of benzene rings is 2. The molecule has 0 radical (unpaired) electrons. The summed E-state index contributed by atoms with van der Waals surface area (Å²) in [5.41, 5.74) is -4.27.